The Bertz CT molecular complexity index is 1050. The second-order valence-electron chi connectivity index (χ2n) is 8.52. The zero-order chi connectivity index (χ0) is 22.6. The molecule has 0 heterocycles. The van der Waals surface area contributed by atoms with Crippen LogP contribution in [0, 0.1) is 0 Å². The van der Waals surface area contributed by atoms with Crippen LogP contribution < -0.4 is 0 Å². The summed E-state index contributed by atoms with van der Waals surface area (Å²) in [4.78, 5) is 0. The van der Waals surface area contributed by atoms with Crippen molar-refractivity contribution in [1.29, 1.82) is 0 Å². The van der Waals surface area contributed by atoms with Gasteiger partial charge >= 0.3 is 0 Å². The second-order valence-corrected chi connectivity index (χ2v) is 8.52. The molecule has 0 aromatic heterocycles. The van der Waals surface area contributed by atoms with Crippen molar-refractivity contribution in [2.24, 2.45) is 0 Å². The van der Waals surface area contributed by atoms with Gasteiger partial charge in [-0.2, -0.15) is 0 Å². The Morgan fingerprint density at radius 3 is 1.25 bits per heavy atom. The van der Waals surface area contributed by atoms with Gasteiger partial charge in [0.25, 0.3) is 0 Å². The van der Waals surface area contributed by atoms with Gasteiger partial charge in [0.1, 0.15) is 17.1 Å². The number of benzene rings is 4. The van der Waals surface area contributed by atoms with E-state index in [1.165, 1.54) is 0 Å². The standard InChI is InChI=1S/C29H28O3/c1-28(22-12-16-26(30)17-13-22,23-14-18-27(31)19-15-23)20-21-29(32,24-8-4-2-5-9-24)25-10-6-3-7-11-25/h2-19,30-32H,20-21H2,1H3. The maximum absolute atomic E-state index is 12.0. The molecule has 0 aliphatic heterocycles. The Kier molecular flexibility index (Phi) is 6.02. The van der Waals surface area contributed by atoms with Gasteiger partial charge in [-0.15, -0.1) is 0 Å². The molecular formula is C29H28O3. The molecular weight excluding hydrogens is 396 g/mol. The summed E-state index contributed by atoms with van der Waals surface area (Å²) in [6.45, 7) is 2.14. The Balaban J connectivity index is 1.77. The summed E-state index contributed by atoms with van der Waals surface area (Å²) >= 11 is 0. The minimum atomic E-state index is -1.16. The molecule has 3 heteroatoms. The quantitative estimate of drug-likeness (QED) is 0.335. The van der Waals surface area contributed by atoms with Crippen LogP contribution in [0.2, 0.25) is 0 Å². The third-order valence-corrected chi connectivity index (χ3v) is 6.50. The lowest BCUT2D eigenvalue weighted by atomic mass is 9.69. The van der Waals surface area contributed by atoms with Gasteiger partial charge < -0.3 is 15.3 Å². The van der Waals surface area contributed by atoms with Crippen LogP contribution >= 0.6 is 0 Å². The van der Waals surface area contributed by atoms with Gasteiger partial charge in [0.05, 0.1) is 0 Å². The summed E-state index contributed by atoms with van der Waals surface area (Å²) in [6, 6.07) is 34.0. The molecule has 0 atom stereocenters. The lowest BCUT2D eigenvalue weighted by molar-refractivity contribution is 0.0635. The average Bonchev–Trinajstić information content (AvgIpc) is 2.84. The fourth-order valence-corrected chi connectivity index (χ4v) is 4.43. The molecule has 0 bridgehead atoms. The number of phenolic OH excluding ortho intramolecular Hbond substituents is 2. The van der Waals surface area contributed by atoms with Crippen molar-refractivity contribution in [3.05, 3.63) is 131 Å². The lowest BCUT2D eigenvalue weighted by Crippen LogP contribution is -2.32. The van der Waals surface area contributed by atoms with E-state index in [4.69, 9.17) is 0 Å². The smallest absolute Gasteiger partial charge is 0.115 e. The normalized spacial score (nSPS) is 11.9. The molecule has 0 spiro atoms. The first-order valence-electron chi connectivity index (χ1n) is 10.8. The number of aromatic hydroxyl groups is 2. The van der Waals surface area contributed by atoms with E-state index in [0.717, 1.165) is 22.3 Å². The van der Waals surface area contributed by atoms with Crippen LogP contribution in [-0.2, 0) is 11.0 Å². The van der Waals surface area contributed by atoms with E-state index in [-0.39, 0.29) is 11.5 Å². The minimum absolute atomic E-state index is 0.215. The Hall–Kier alpha value is -3.56. The fraction of sp³-hybridized carbons (Fsp3) is 0.172. The molecule has 4 aromatic carbocycles. The molecule has 0 amide bonds. The predicted octanol–water partition coefficient (Wildman–Crippen LogP) is 6.12. The van der Waals surface area contributed by atoms with Crippen molar-refractivity contribution in [2.75, 3.05) is 0 Å². The summed E-state index contributed by atoms with van der Waals surface area (Å²) in [5.74, 6) is 0.429. The third kappa shape index (κ3) is 4.25. The second kappa shape index (κ2) is 8.89. The monoisotopic (exact) mass is 424 g/mol. The number of phenols is 2. The maximum atomic E-state index is 12.0. The van der Waals surface area contributed by atoms with E-state index in [1.807, 2.05) is 84.9 Å². The molecule has 4 aromatic rings. The van der Waals surface area contributed by atoms with Crippen molar-refractivity contribution >= 4 is 0 Å². The average molecular weight is 425 g/mol. The van der Waals surface area contributed by atoms with E-state index in [2.05, 4.69) is 6.92 Å². The molecule has 4 rings (SSSR count). The summed E-state index contributed by atoms with van der Waals surface area (Å²) in [6.07, 6.45) is 1.13. The summed E-state index contributed by atoms with van der Waals surface area (Å²) in [7, 11) is 0. The molecule has 0 saturated carbocycles. The number of rotatable bonds is 7. The topological polar surface area (TPSA) is 60.7 Å². The predicted molar refractivity (Wildman–Crippen MR) is 128 cm³/mol. The van der Waals surface area contributed by atoms with Gasteiger partial charge in [-0.1, -0.05) is 91.9 Å². The van der Waals surface area contributed by atoms with E-state index >= 15 is 0 Å². The zero-order valence-electron chi connectivity index (χ0n) is 18.1. The molecule has 0 aliphatic rings. The van der Waals surface area contributed by atoms with Crippen LogP contribution in [0.5, 0.6) is 11.5 Å². The fourth-order valence-electron chi connectivity index (χ4n) is 4.43. The number of hydrogen-bond acceptors (Lipinski definition) is 3. The summed E-state index contributed by atoms with van der Waals surface area (Å²) < 4.78 is 0. The van der Waals surface area contributed by atoms with Crippen molar-refractivity contribution in [1.82, 2.24) is 0 Å². The molecule has 3 N–H and O–H groups in total. The van der Waals surface area contributed by atoms with Gasteiger partial charge in [-0.25, -0.2) is 0 Å². The Morgan fingerprint density at radius 1 is 0.500 bits per heavy atom. The molecule has 0 radical (unpaired) electrons. The molecule has 0 fully saturated rings. The summed E-state index contributed by atoms with van der Waals surface area (Å²) in [5, 5.41) is 31.6. The third-order valence-electron chi connectivity index (χ3n) is 6.50. The highest BCUT2D eigenvalue weighted by atomic mass is 16.3. The Morgan fingerprint density at radius 2 is 0.875 bits per heavy atom. The first-order chi connectivity index (χ1) is 15.4. The van der Waals surface area contributed by atoms with Gasteiger partial charge in [-0.05, 0) is 59.4 Å². The highest BCUT2D eigenvalue weighted by molar-refractivity contribution is 5.43. The SMILES string of the molecule is CC(CCC(O)(c1ccccc1)c1ccccc1)(c1ccc(O)cc1)c1ccc(O)cc1. The van der Waals surface area contributed by atoms with Crippen molar-refractivity contribution in [2.45, 2.75) is 30.8 Å². The lowest BCUT2D eigenvalue weighted by Gasteiger charge is -2.36. The van der Waals surface area contributed by atoms with Crippen molar-refractivity contribution < 1.29 is 15.3 Å². The molecule has 0 unspecified atom stereocenters. The van der Waals surface area contributed by atoms with Crippen molar-refractivity contribution in [3.63, 3.8) is 0 Å². The van der Waals surface area contributed by atoms with Crippen LogP contribution in [0.25, 0.3) is 0 Å². The van der Waals surface area contributed by atoms with Crippen LogP contribution in [0.15, 0.2) is 109 Å². The summed E-state index contributed by atoms with van der Waals surface area (Å²) in [5.41, 5.74) is 2.17. The van der Waals surface area contributed by atoms with E-state index in [9.17, 15) is 15.3 Å². The molecule has 0 aliphatic carbocycles. The zero-order valence-corrected chi connectivity index (χ0v) is 18.1. The molecule has 0 saturated heterocycles. The Labute approximate surface area is 189 Å². The van der Waals surface area contributed by atoms with Gasteiger partial charge in [0.2, 0.25) is 0 Å². The molecule has 162 valence electrons. The molecule has 3 nitrogen and oxygen atoms in total. The van der Waals surface area contributed by atoms with Crippen molar-refractivity contribution in [3.8, 4) is 11.5 Å². The van der Waals surface area contributed by atoms with Crippen LogP contribution in [0.4, 0.5) is 0 Å². The number of aliphatic hydroxyl groups is 1. The highest BCUT2D eigenvalue weighted by Crippen LogP contribution is 2.43. The first-order valence-corrected chi connectivity index (χ1v) is 10.8. The minimum Gasteiger partial charge on any atom is -0.508 e. The number of hydrogen-bond donors (Lipinski definition) is 3. The van der Waals surface area contributed by atoms with E-state index in [0.29, 0.717) is 12.8 Å². The van der Waals surface area contributed by atoms with Crippen LogP contribution in [0.1, 0.15) is 42.0 Å². The van der Waals surface area contributed by atoms with Crippen LogP contribution in [0.3, 0.4) is 0 Å². The van der Waals surface area contributed by atoms with Gasteiger partial charge in [-0.3, -0.25) is 0 Å². The van der Waals surface area contributed by atoms with E-state index < -0.39 is 11.0 Å². The maximum Gasteiger partial charge on any atom is 0.115 e. The van der Waals surface area contributed by atoms with Gasteiger partial charge in [0, 0.05) is 5.41 Å². The van der Waals surface area contributed by atoms with Gasteiger partial charge in [0.15, 0.2) is 0 Å². The van der Waals surface area contributed by atoms with Crippen LogP contribution in [-0.4, -0.2) is 15.3 Å². The first kappa shape index (κ1) is 21.7. The van der Waals surface area contributed by atoms with E-state index in [1.54, 1.807) is 24.3 Å². The molecule has 32 heavy (non-hydrogen) atoms. The highest BCUT2D eigenvalue weighted by Gasteiger charge is 2.37. The largest absolute Gasteiger partial charge is 0.508 e.